The van der Waals surface area contributed by atoms with Gasteiger partial charge in [-0.3, -0.25) is 4.79 Å². The van der Waals surface area contributed by atoms with E-state index in [4.69, 9.17) is 0 Å². The Labute approximate surface area is 111 Å². The second kappa shape index (κ2) is 5.67. The van der Waals surface area contributed by atoms with Crippen LogP contribution in [0.2, 0.25) is 0 Å². The minimum absolute atomic E-state index is 0.0394. The highest BCUT2D eigenvalue weighted by Crippen LogP contribution is 2.24. The molecule has 0 bridgehead atoms. The maximum atomic E-state index is 11.9. The molecule has 0 atom stereocenters. The van der Waals surface area contributed by atoms with E-state index in [9.17, 15) is 4.79 Å². The molecule has 1 amide bonds. The summed E-state index contributed by atoms with van der Waals surface area (Å²) >= 11 is 3.45. The molecule has 0 aromatic heterocycles. The van der Waals surface area contributed by atoms with Crippen molar-refractivity contribution in [3.05, 3.63) is 33.8 Å². The summed E-state index contributed by atoms with van der Waals surface area (Å²) in [4.78, 5) is 11.9. The van der Waals surface area contributed by atoms with Gasteiger partial charge in [0.05, 0.1) is 0 Å². The van der Waals surface area contributed by atoms with E-state index in [0.717, 1.165) is 22.1 Å². The van der Waals surface area contributed by atoms with Crippen LogP contribution >= 0.6 is 15.9 Å². The lowest BCUT2D eigenvalue weighted by molar-refractivity contribution is 0.0947. The third kappa shape index (κ3) is 3.32. The zero-order chi connectivity index (χ0) is 12.3. The minimum Gasteiger partial charge on any atom is -0.352 e. The van der Waals surface area contributed by atoms with E-state index in [1.807, 2.05) is 25.1 Å². The number of halogens is 1. The molecular formula is C14H18BrNO. The highest BCUT2D eigenvalue weighted by molar-refractivity contribution is 9.10. The molecule has 0 unspecified atom stereocenters. The van der Waals surface area contributed by atoms with Gasteiger partial charge in [0.25, 0.3) is 5.91 Å². The van der Waals surface area contributed by atoms with Crippen molar-refractivity contribution < 1.29 is 4.79 Å². The largest absolute Gasteiger partial charge is 0.352 e. The third-order valence-corrected chi connectivity index (χ3v) is 4.31. The van der Waals surface area contributed by atoms with Gasteiger partial charge in [-0.25, -0.2) is 0 Å². The number of carbonyl (C=O) groups excluding carboxylic acids is 1. The molecule has 92 valence electrons. The fourth-order valence-corrected chi connectivity index (χ4v) is 2.67. The number of nitrogens with one attached hydrogen (secondary N) is 1. The van der Waals surface area contributed by atoms with Crippen LogP contribution in [0.5, 0.6) is 0 Å². The van der Waals surface area contributed by atoms with Gasteiger partial charge in [0, 0.05) is 16.6 Å². The van der Waals surface area contributed by atoms with Crippen LogP contribution in [-0.2, 0) is 0 Å². The van der Waals surface area contributed by atoms with Crippen LogP contribution < -0.4 is 5.32 Å². The second-order valence-corrected chi connectivity index (χ2v) is 5.68. The zero-order valence-corrected chi connectivity index (χ0v) is 11.7. The monoisotopic (exact) mass is 295 g/mol. The average molecular weight is 296 g/mol. The molecule has 1 fully saturated rings. The first-order valence-corrected chi connectivity index (χ1v) is 7.00. The predicted molar refractivity (Wildman–Crippen MR) is 73.2 cm³/mol. The first kappa shape index (κ1) is 12.6. The van der Waals surface area contributed by atoms with Crippen LogP contribution in [0.1, 0.15) is 41.6 Å². The normalized spacial score (nSPS) is 16.1. The van der Waals surface area contributed by atoms with Crippen LogP contribution in [0.3, 0.4) is 0 Å². The maximum absolute atomic E-state index is 11.9. The van der Waals surface area contributed by atoms with E-state index in [-0.39, 0.29) is 5.91 Å². The zero-order valence-electron chi connectivity index (χ0n) is 10.1. The lowest BCUT2D eigenvalue weighted by atomic mass is 10.1. The Kier molecular flexibility index (Phi) is 4.21. The molecule has 0 radical (unpaired) electrons. The van der Waals surface area contributed by atoms with Crippen LogP contribution in [0.25, 0.3) is 0 Å². The number of hydrogen-bond acceptors (Lipinski definition) is 1. The number of benzene rings is 1. The predicted octanol–water partition coefficient (Wildman–Crippen LogP) is 3.68. The molecule has 1 aliphatic carbocycles. The first-order chi connectivity index (χ1) is 8.16. The molecule has 1 aliphatic rings. The smallest absolute Gasteiger partial charge is 0.251 e. The highest BCUT2D eigenvalue weighted by Gasteiger charge is 2.16. The van der Waals surface area contributed by atoms with Crippen molar-refractivity contribution in [2.24, 2.45) is 5.92 Å². The summed E-state index contributed by atoms with van der Waals surface area (Å²) < 4.78 is 0.992. The minimum atomic E-state index is 0.0394. The molecule has 0 heterocycles. The molecule has 0 spiro atoms. The second-order valence-electron chi connectivity index (χ2n) is 4.82. The van der Waals surface area contributed by atoms with Crippen molar-refractivity contribution >= 4 is 21.8 Å². The Hall–Kier alpha value is -0.830. The number of carbonyl (C=O) groups is 1. The summed E-state index contributed by atoms with van der Waals surface area (Å²) in [6.45, 7) is 2.84. The quantitative estimate of drug-likeness (QED) is 0.906. The molecule has 0 saturated heterocycles. The number of rotatable bonds is 3. The molecule has 3 heteroatoms. The van der Waals surface area contributed by atoms with Crippen LogP contribution in [-0.4, -0.2) is 12.5 Å². The molecule has 1 aromatic carbocycles. The topological polar surface area (TPSA) is 29.1 Å². The van der Waals surface area contributed by atoms with E-state index in [0.29, 0.717) is 5.92 Å². The Morgan fingerprint density at radius 3 is 2.76 bits per heavy atom. The molecule has 1 N–H and O–H groups in total. The Bertz CT molecular complexity index is 411. The Balaban J connectivity index is 1.92. The third-order valence-electron chi connectivity index (χ3n) is 3.46. The highest BCUT2D eigenvalue weighted by atomic mass is 79.9. The van der Waals surface area contributed by atoms with Crippen molar-refractivity contribution in [1.82, 2.24) is 5.32 Å². The fraction of sp³-hybridized carbons (Fsp3) is 0.500. The van der Waals surface area contributed by atoms with E-state index in [1.54, 1.807) is 0 Å². The molecule has 1 aromatic rings. The van der Waals surface area contributed by atoms with Crippen molar-refractivity contribution in [2.75, 3.05) is 6.54 Å². The van der Waals surface area contributed by atoms with Gasteiger partial charge in [0.15, 0.2) is 0 Å². The summed E-state index contributed by atoms with van der Waals surface area (Å²) in [5.74, 6) is 0.727. The number of aryl methyl sites for hydroxylation is 1. The average Bonchev–Trinajstić information content (AvgIpc) is 2.82. The first-order valence-electron chi connectivity index (χ1n) is 6.21. The summed E-state index contributed by atoms with van der Waals surface area (Å²) in [7, 11) is 0. The Morgan fingerprint density at radius 1 is 1.41 bits per heavy atom. The van der Waals surface area contributed by atoms with Gasteiger partial charge in [-0.05, 0) is 43.4 Å². The lowest BCUT2D eigenvalue weighted by Gasteiger charge is -2.11. The van der Waals surface area contributed by atoms with Crippen molar-refractivity contribution in [3.8, 4) is 0 Å². The van der Waals surface area contributed by atoms with Gasteiger partial charge in [-0.1, -0.05) is 34.8 Å². The Morgan fingerprint density at radius 2 is 2.12 bits per heavy atom. The van der Waals surface area contributed by atoms with E-state index < -0.39 is 0 Å². The van der Waals surface area contributed by atoms with Gasteiger partial charge in [-0.15, -0.1) is 0 Å². The summed E-state index contributed by atoms with van der Waals surface area (Å²) in [6.07, 6.45) is 5.16. The molecule has 0 aliphatic heterocycles. The number of amides is 1. The lowest BCUT2D eigenvalue weighted by Crippen LogP contribution is -2.28. The van der Waals surface area contributed by atoms with Crippen LogP contribution in [0, 0.1) is 12.8 Å². The molecule has 2 nitrogen and oxygen atoms in total. The van der Waals surface area contributed by atoms with Crippen LogP contribution in [0.4, 0.5) is 0 Å². The van der Waals surface area contributed by atoms with Crippen molar-refractivity contribution in [2.45, 2.75) is 32.6 Å². The fourth-order valence-electron chi connectivity index (χ4n) is 2.29. The van der Waals surface area contributed by atoms with Gasteiger partial charge < -0.3 is 5.32 Å². The number of hydrogen-bond donors (Lipinski definition) is 1. The van der Waals surface area contributed by atoms with E-state index in [2.05, 4.69) is 21.2 Å². The van der Waals surface area contributed by atoms with Crippen LogP contribution in [0.15, 0.2) is 22.7 Å². The summed E-state index contributed by atoms with van der Waals surface area (Å²) in [5, 5.41) is 3.03. The van der Waals surface area contributed by atoms with Gasteiger partial charge in [0.1, 0.15) is 0 Å². The van der Waals surface area contributed by atoms with Crippen molar-refractivity contribution in [1.29, 1.82) is 0 Å². The molecule has 2 rings (SSSR count). The van der Waals surface area contributed by atoms with Crippen molar-refractivity contribution in [3.63, 3.8) is 0 Å². The maximum Gasteiger partial charge on any atom is 0.251 e. The molecular weight excluding hydrogens is 278 g/mol. The van der Waals surface area contributed by atoms with E-state index in [1.165, 1.54) is 25.7 Å². The van der Waals surface area contributed by atoms with Gasteiger partial charge in [-0.2, -0.15) is 0 Å². The molecule has 17 heavy (non-hydrogen) atoms. The van der Waals surface area contributed by atoms with E-state index >= 15 is 0 Å². The standard InChI is InChI=1S/C14H18BrNO/c1-10-6-7-12(8-13(10)15)14(17)16-9-11-4-2-3-5-11/h6-8,11H,2-5,9H2,1H3,(H,16,17). The SMILES string of the molecule is Cc1ccc(C(=O)NCC2CCCC2)cc1Br. The van der Waals surface area contributed by atoms with Gasteiger partial charge in [0.2, 0.25) is 0 Å². The molecule has 1 saturated carbocycles. The summed E-state index contributed by atoms with van der Waals surface area (Å²) in [6, 6.07) is 5.73. The van der Waals surface area contributed by atoms with Gasteiger partial charge >= 0.3 is 0 Å². The summed E-state index contributed by atoms with van der Waals surface area (Å²) in [5.41, 5.74) is 1.89.